The van der Waals surface area contributed by atoms with Gasteiger partial charge in [-0.25, -0.2) is 0 Å². The summed E-state index contributed by atoms with van der Waals surface area (Å²) in [6, 6.07) is 10.7. The second kappa shape index (κ2) is 9.42. The summed E-state index contributed by atoms with van der Waals surface area (Å²) >= 11 is 0. The minimum atomic E-state index is 0.151. The molecule has 0 bridgehead atoms. The zero-order valence-corrected chi connectivity index (χ0v) is 15.9. The van der Waals surface area contributed by atoms with Gasteiger partial charge in [0.2, 0.25) is 5.91 Å². The van der Waals surface area contributed by atoms with Crippen molar-refractivity contribution in [2.45, 2.75) is 19.9 Å². The molecule has 1 fully saturated rings. The maximum Gasteiger partial charge on any atom is 0.219 e. The molecule has 0 aliphatic carbocycles. The van der Waals surface area contributed by atoms with Crippen molar-refractivity contribution in [2.24, 2.45) is 4.99 Å². The van der Waals surface area contributed by atoms with Gasteiger partial charge >= 0.3 is 0 Å². The molecule has 0 radical (unpaired) electrons. The molecule has 0 saturated carbocycles. The molecule has 0 spiro atoms. The number of hydrogen-bond acceptors (Lipinski definition) is 3. The van der Waals surface area contributed by atoms with Crippen LogP contribution in [0.3, 0.4) is 0 Å². The van der Waals surface area contributed by atoms with Crippen molar-refractivity contribution in [3.8, 4) is 0 Å². The van der Waals surface area contributed by atoms with Crippen molar-refractivity contribution in [1.82, 2.24) is 20.0 Å². The normalized spacial score (nSPS) is 16.9. The molecule has 1 aliphatic heterocycles. The molecule has 6 nitrogen and oxygen atoms in total. The van der Waals surface area contributed by atoms with Crippen molar-refractivity contribution < 1.29 is 4.79 Å². The lowest BCUT2D eigenvalue weighted by atomic mass is 10.1. The summed E-state index contributed by atoms with van der Waals surface area (Å²) < 4.78 is 0. The highest BCUT2D eigenvalue weighted by Gasteiger charge is 2.21. The molecule has 138 valence electrons. The summed E-state index contributed by atoms with van der Waals surface area (Å²) in [6.45, 7) is 8.42. The smallest absolute Gasteiger partial charge is 0.219 e. The zero-order chi connectivity index (χ0) is 18.2. The average Bonchev–Trinajstić information content (AvgIpc) is 2.61. The van der Waals surface area contributed by atoms with Crippen LogP contribution in [0.1, 0.15) is 25.5 Å². The highest BCUT2D eigenvalue weighted by Crippen LogP contribution is 2.18. The van der Waals surface area contributed by atoms with E-state index in [1.807, 2.05) is 11.0 Å². The van der Waals surface area contributed by atoms with Crippen molar-refractivity contribution in [1.29, 1.82) is 0 Å². The molecular formula is C19H31N5O. The molecule has 1 unspecified atom stereocenters. The van der Waals surface area contributed by atoms with Crippen LogP contribution < -0.4 is 5.32 Å². The number of nitrogens with one attached hydrogen (secondary N) is 1. The van der Waals surface area contributed by atoms with Crippen molar-refractivity contribution in [3.05, 3.63) is 35.9 Å². The molecule has 1 atom stereocenters. The number of hydrogen-bond donors (Lipinski definition) is 1. The largest absolute Gasteiger partial charge is 0.357 e. The maximum absolute atomic E-state index is 11.5. The van der Waals surface area contributed by atoms with E-state index in [1.54, 1.807) is 6.92 Å². The molecule has 0 aromatic heterocycles. The molecular weight excluding hydrogens is 314 g/mol. The van der Waals surface area contributed by atoms with E-state index in [0.717, 1.165) is 38.7 Å². The Kier molecular flexibility index (Phi) is 7.25. The summed E-state index contributed by atoms with van der Waals surface area (Å²) in [5.74, 6) is 1.09. The summed E-state index contributed by atoms with van der Waals surface area (Å²) in [5.41, 5.74) is 1.27. The Hall–Kier alpha value is -2.08. The van der Waals surface area contributed by atoms with Crippen LogP contribution in [-0.2, 0) is 4.79 Å². The van der Waals surface area contributed by atoms with Crippen LogP contribution in [0, 0.1) is 0 Å². The first-order valence-corrected chi connectivity index (χ1v) is 9.03. The molecule has 6 heteroatoms. The number of carbonyl (C=O) groups is 1. The van der Waals surface area contributed by atoms with Crippen LogP contribution in [-0.4, -0.2) is 79.9 Å². The SMILES string of the molecule is CCNC(=NCC(c1ccccc1)N(C)C)N1CCN(C(C)=O)CC1. The van der Waals surface area contributed by atoms with Gasteiger partial charge in [-0.1, -0.05) is 30.3 Å². The Balaban J connectivity index is 2.07. The number of benzene rings is 1. The third-order valence-electron chi connectivity index (χ3n) is 4.58. The molecule has 1 N–H and O–H groups in total. The second-order valence-electron chi connectivity index (χ2n) is 6.58. The molecule has 1 saturated heterocycles. The number of aliphatic imine (C=N–C) groups is 1. The Morgan fingerprint density at radius 1 is 1.16 bits per heavy atom. The fourth-order valence-electron chi connectivity index (χ4n) is 3.07. The Morgan fingerprint density at radius 3 is 2.28 bits per heavy atom. The Bertz CT molecular complexity index is 564. The lowest BCUT2D eigenvalue weighted by molar-refractivity contribution is -0.130. The molecule has 1 aromatic rings. The van der Waals surface area contributed by atoms with Gasteiger partial charge in [0.25, 0.3) is 0 Å². The topological polar surface area (TPSA) is 51.2 Å². The van der Waals surface area contributed by atoms with Gasteiger partial charge in [-0.3, -0.25) is 9.79 Å². The van der Waals surface area contributed by atoms with Gasteiger partial charge in [0, 0.05) is 39.6 Å². The van der Waals surface area contributed by atoms with E-state index in [1.165, 1.54) is 5.56 Å². The minimum Gasteiger partial charge on any atom is -0.357 e. The highest BCUT2D eigenvalue weighted by atomic mass is 16.2. The predicted octanol–water partition coefficient (Wildman–Crippen LogP) is 1.42. The minimum absolute atomic E-state index is 0.151. The van der Waals surface area contributed by atoms with Crippen molar-refractivity contribution in [2.75, 3.05) is 53.4 Å². The molecule has 1 heterocycles. The number of rotatable bonds is 5. The van der Waals surface area contributed by atoms with Gasteiger partial charge in [-0.2, -0.15) is 0 Å². The maximum atomic E-state index is 11.5. The average molecular weight is 345 g/mol. The summed E-state index contributed by atoms with van der Waals surface area (Å²) in [7, 11) is 4.18. The number of piperazine rings is 1. The Labute approximate surface area is 151 Å². The quantitative estimate of drug-likeness (QED) is 0.648. The molecule has 2 rings (SSSR count). The van der Waals surface area contributed by atoms with Crippen LogP contribution in [0.4, 0.5) is 0 Å². The van der Waals surface area contributed by atoms with Crippen molar-refractivity contribution >= 4 is 11.9 Å². The first-order valence-electron chi connectivity index (χ1n) is 9.03. The van der Waals surface area contributed by atoms with E-state index < -0.39 is 0 Å². The number of carbonyl (C=O) groups excluding carboxylic acids is 1. The summed E-state index contributed by atoms with van der Waals surface area (Å²) in [5, 5.41) is 3.40. The van der Waals surface area contributed by atoms with E-state index in [0.29, 0.717) is 6.54 Å². The van der Waals surface area contributed by atoms with Crippen LogP contribution in [0.15, 0.2) is 35.3 Å². The molecule has 1 amide bonds. The number of amides is 1. The monoisotopic (exact) mass is 345 g/mol. The van der Waals surface area contributed by atoms with Crippen LogP contribution in [0.5, 0.6) is 0 Å². The summed E-state index contributed by atoms with van der Waals surface area (Å²) in [6.07, 6.45) is 0. The van der Waals surface area contributed by atoms with Crippen LogP contribution >= 0.6 is 0 Å². The van der Waals surface area contributed by atoms with Crippen LogP contribution in [0.2, 0.25) is 0 Å². The molecule has 1 aliphatic rings. The highest BCUT2D eigenvalue weighted by molar-refractivity contribution is 5.80. The summed E-state index contributed by atoms with van der Waals surface area (Å²) in [4.78, 5) is 22.7. The van der Waals surface area contributed by atoms with Crippen LogP contribution in [0.25, 0.3) is 0 Å². The fourth-order valence-corrected chi connectivity index (χ4v) is 3.07. The molecule has 1 aromatic carbocycles. The van der Waals surface area contributed by atoms with Gasteiger partial charge in [-0.05, 0) is 26.6 Å². The second-order valence-corrected chi connectivity index (χ2v) is 6.58. The van der Waals surface area contributed by atoms with E-state index in [9.17, 15) is 4.79 Å². The first-order chi connectivity index (χ1) is 12.0. The van der Waals surface area contributed by atoms with E-state index in [-0.39, 0.29) is 11.9 Å². The van der Waals surface area contributed by atoms with Gasteiger partial charge in [0.15, 0.2) is 5.96 Å². The third-order valence-corrected chi connectivity index (χ3v) is 4.58. The van der Waals surface area contributed by atoms with E-state index >= 15 is 0 Å². The van der Waals surface area contributed by atoms with Gasteiger partial charge in [0.1, 0.15) is 0 Å². The number of guanidine groups is 1. The predicted molar refractivity (Wildman–Crippen MR) is 103 cm³/mol. The van der Waals surface area contributed by atoms with E-state index in [4.69, 9.17) is 4.99 Å². The van der Waals surface area contributed by atoms with Gasteiger partial charge in [0.05, 0.1) is 12.6 Å². The Morgan fingerprint density at radius 2 is 1.76 bits per heavy atom. The number of likely N-dealkylation sites (N-methyl/N-ethyl adjacent to an activating group) is 1. The van der Waals surface area contributed by atoms with Gasteiger partial charge in [-0.15, -0.1) is 0 Å². The third kappa shape index (κ3) is 5.46. The molecule has 25 heavy (non-hydrogen) atoms. The number of nitrogens with zero attached hydrogens (tertiary/aromatic N) is 4. The fraction of sp³-hybridized carbons (Fsp3) is 0.579. The zero-order valence-electron chi connectivity index (χ0n) is 15.9. The van der Waals surface area contributed by atoms with Crippen molar-refractivity contribution in [3.63, 3.8) is 0 Å². The van der Waals surface area contributed by atoms with E-state index in [2.05, 4.69) is 60.4 Å². The first kappa shape index (κ1) is 19.2. The lowest BCUT2D eigenvalue weighted by Gasteiger charge is -2.36. The standard InChI is InChI=1S/C19H31N5O/c1-5-20-19(24-13-11-23(12-14-24)16(2)25)21-15-18(22(3)4)17-9-7-6-8-10-17/h6-10,18H,5,11-15H2,1-4H3,(H,20,21). The van der Waals surface area contributed by atoms with Gasteiger partial charge < -0.3 is 20.0 Å². The lowest BCUT2D eigenvalue weighted by Crippen LogP contribution is -2.53.